The normalized spacial score (nSPS) is 24.0. The molecule has 31 heavy (non-hydrogen) atoms. The predicted molar refractivity (Wildman–Crippen MR) is 115 cm³/mol. The van der Waals surface area contributed by atoms with Crippen LogP contribution in [0.15, 0.2) is 51.9 Å². The quantitative estimate of drug-likeness (QED) is 0.530. The maximum absolute atomic E-state index is 12.8. The molecular formula is C22H22N4O4S. The van der Waals surface area contributed by atoms with Crippen molar-refractivity contribution >= 4 is 33.9 Å². The van der Waals surface area contributed by atoms with Crippen molar-refractivity contribution in [2.24, 2.45) is 5.92 Å². The lowest BCUT2D eigenvalue weighted by atomic mass is 9.96. The molecule has 2 aliphatic rings. The number of aromatic nitrogens is 1. The Morgan fingerprint density at radius 3 is 2.87 bits per heavy atom. The third-order valence-corrected chi connectivity index (χ3v) is 7.14. The highest BCUT2D eigenvalue weighted by Gasteiger charge is 2.50. The Kier molecular flexibility index (Phi) is 4.86. The fraction of sp³-hybridized carbons (Fsp3) is 0.318. The van der Waals surface area contributed by atoms with Crippen LogP contribution < -0.4 is 15.4 Å². The predicted octanol–water partition coefficient (Wildman–Crippen LogP) is 2.79. The van der Waals surface area contributed by atoms with Gasteiger partial charge in [-0.2, -0.15) is 0 Å². The van der Waals surface area contributed by atoms with Crippen LogP contribution in [-0.4, -0.2) is 33.2 Å². The van der Waals surface area contributed by atoms with E-state index >= 15 is 0 Å². The van der Waals surface area contributed by atoms with E-state index in [1.165, 1.54) is 0 Å². The minimum Gasteiger partial charge on any atom is -0.454 e. The molecule has 3 amide bonds. The van der Waals surface area contributed by atoms with E-state index in [0.29, 0.717) is 30.0 Å². The van der Waals surface area contributed by atoms with Crippen molar-refractivity contribution in [1.29, 1.82) is 0 Å². The van der Waals surface area contributed by atoms with Crippen molar-refractivity contribution in [3.63, 3.8) is 0 Å². The second-order valence-corrected chi connectivity index (χ2v) is 9.50. The van der Waals surface area contributed by atoms with E-state index in [-0.39, 0.29) is 11.8 Å². The van der Waals surface area contributed by atoms with Gasteiger partial charge in [0.05, 0.1) is 4.90 Å². The minimum atomic E-state index is -1.43. The Labute approximate surface area is 181 Å². The summed E-state index contributed by atoms with van der Waals surface area (Å²) in [6.07, 6.45) is 3.51. The Bertz CT molecular complexity index is 1190. The first kappa shape index (κ1) is 19.9. The van der Waals surface area contributed by atoms with Crippen molar-refractivity contribution in [2.45, 2.75) is 36.6 Å². The zero-order valence-corrected chi connectivity index (χ0v) is 17.8. The average Bonchev–Trinajstić information content (AvgIpc) is 3.43. The number of pyridine rings is 1. The fourth-order valence-electron chi connectivity index (χ4n) is 4.45. The SMILES string of the molecule is Cc1cc(S(=O)NCC2CCC3(C2)NC(=O)NC3=O)cnc1-c1cc2ccccc2o1. The highest BCUT2D eigenvalue weighted by atomic mass is 32.2. The molecule has 3 unspecified atom stereocenters. The number of hydrogen-bond donors (Lipinski definition) is 3. The van der Waals surface area contributed by atoms with Crippen molar-refractivity contribution in [3.8, 4) is 11.5 Å². The van der Waals surface area contributed by atoms with Crippen LogP contribution in [0.1, 0.15) is 24.8 Å². The van der Waals surface area contributed by atoms with Crippen LogP contribution in [0.5, 0.6) is 0 Å². The number of rotatable bonds is 5. The first-order valence-corrected chi connectivity index (χ1v) is 11.3. The zero-order chi connectivity index (χ0) is 21.6. The number of benzene rings is 1. The maximum Gasteiger partial charge on any atom is 0.322 e. The Morgan fingerprint density at radius 2 is 2.13 bits per heavy atom. The second kappa shape index (κ2) is 7.58. The molecule has 9 heteroatoms. The van der Waals surface area contributed by atoms with E-state index in [9.17, 15) is 13.8 Å². The van der Waals surface area contributed by atoms with Gasteiger partial charge in [-0.1, -0.05) is 18.2 Å². The summed E-state index contributed by atoms with van der Waals surface area (Å²) in [4.78, 5) is 28.6. The smallest absolute Gasteiger partial charge is 0.322 e. The van der Waals surface area contributed by atoms with Gasteiger partial charge in [-0.15, -0.1) is 0 Å². The molecule has 3 N–H and O–H groups in total. The number of carbonyl (C=O) groups is 2. The lowest BCUT2D eigenvalue weighted by Crippen LogP contribution is -2.44. The summed E-state index contributed by atoms with van der Waals surface area (Å²) in [7, 11) is -1.43. The Balaban J connectivity index is 1.25. The van der Waals surface area contributed by atoms with E-state index in [2.05, 4.69) is 20.3 Å². The molecule has 8 nitrogen and oxygen atoms in total. The number of aryl methyl sites for hydroxylation is 1. The van der Waals surface area contributed by atoms with Crippen LogP contribution in [0.2, 0.25) is 0 Å². The number of imide groups is 1. The van der Waals surface area contributed by atoms with Gasteiger partial charge in [0, 0.05) is 18.1 Å². The van der Waals surface area contributed by atoms with Gasteiger partial charge in [0.15, 0.2) is 5.76 Å². The van der Waals surface area contributed by atoms with Gasteiger partial charge in [-0.05, 0) is 55.9 Å². The summed E-state index contributed by atoms with van der Waals surface area (Å²) in [6, 6.07) is 11.1. The molecule has 5 rings (SSSR count). The molecule has 1 saturated heterocycles. The molecule has 2 fully saturated rings. The Morgan fingerprint density at radius 1 is 1.29 bits per heavy atom. The maximum atomic E-state index is 12.8. The van der Waals surface area contributed by atoms with Gasteiger partial charge in [0.2, 0.25) is 0 Å². The molecule has 2 aromatic heterocycles. The molecule has 0 radical (unpaired) electrons. The summed E-state index contributed by atoms with van der Waals surface area (Å²) in [5.41, 5.74) is 1.58. The van der Waals surface area contributed by atoms with E-state index in [1.54, 1.807) is 6.20 Å². The molecule has 3 atom stereocenters. The summed E-state index contributed by atoms with van der Waals surface area (Å²) >= 11 is 0. The zero-order valence-electron chi connectivity index (χ0n) is 16.9. The summed E-state index contributed by atoms with van der Waals surface area (Å²) in [5, 5.41) is 6.06. The molecule has 1 spiro atoms. The number of urea groups is 1. The van der Waals surface area contributed by atoms with Crippen molar-refractivity contribution in [3.05, 3.63) is 48.2 Å². The van der Waals surface area contributed by atoms with Crippen LogP contribution in [-0.2, 0) is 15.8 Å². The summed E-state index contributed by atoms with van der Waals surface area (Å²) in [5.74, 6) is 0.566. The van der Waals surface area contributed by atoms with Crippen LogP contribution in [0.3, 0.4) is 0 Å². The van der Waals surface area contributed by atoms with Crippen LogP contribution in [0.25, 0.3) is 22.4 Å². The lowest BCUT2D eigenvalue weighted by molar-refractivity contribution is -0.123. The molecule has 1 aliphatic carbocycles. The van der Waals surface area contributed by atoms with Gasteiger partial charge in [0.25, 0.3) is 5.91 Å². The van der Waals surface area contributed by atoms with Crippen LogP contribution in [0.4, 0.5) is 4.79 Å². The number of furan rings is 1. The third-order valence-electron chi connectivity index (χ3n) is 6.06. The van der Waals surface area contributed by atoms with Crippen LogP contribution >= 0.6 is 0 Å². The van der Waals surface area contributed by atoms with E-state index < -0.39 is 22.6 Å². The number of carbonyl (C=O) groups excluding carboxylic acids is 2. The number of fused-ring (bicyclic) bond motifs is 1. The van der Waals surface area contributed by atoms with Gasteiger partial charge in [-0.25, -0.2) is 13.7 Å². The molecular weight excluding hydrogens is 416 g/mol. The van der Waals surface area contributed by atoms with Crippen molar-refractivity contribution in [2.75, 3.05) is 6.54 Å². The fourth-order valence-corrected chi connectivity index (χ4v) is 5.44. The standard InChI is InChI=1S/C22H22N4O4S/c1-13-8-16(12-23-19(13)18-9-15-4-2-3-5-17(15)30-18)31(29)24-11-14-6-7-22(10-14)20(27)25-21(28)26-22/h2-5,8-9,12,14,24H,6-7,10-11H2,1H3,(H2,25,26,27,28). The monoisotopic (exact) mass is 438 g/mol. The largest absolute Gasteiger partial charge is 0.454 e. The number of amides is 3. The van der Waals surface area contributed by atoms with Gasteiger partial charge in [0.1, 0.15) is 27.8 Å². The minimum absolute atomic E-state index is 0.150. The molecule has 160 valence electrons. The van der Waals surface area contributed by atoms with E-state index in [1.807, 2.05) is 43.3 Å². The number of nitrogens with zero attached hydrogens (tertiary/aromatic N) is 1. The highest BCUT2D eigenvalue weighted by molar-refractivity contribution is 7.83. The van der Waals surface area contributed by atoms with E-state index in [4.69, 9.17) is 4.42 Å². The summed E-state index contributed by atoms with van der Waals surface area (Å²) < 4.78 is 21.7. The number of para-hydroxylation sites is 1. The second-order valence-electron chi connectivity index (χ2n) is 8.20. The number of hydrogen-bond acceptors (Lipinski definition) is 5. The molecule has 1 saturated carbocycles. The number of nitrogens with one attached hydrogen (secondary N) is 3. The first-order valence-electron chi connectivity index (χ1n) is 10.2. The van der Waals surface area contributed by atoms with Gasteiger partial charge in [-0.3, -0.25) is 15.1 Å². The molecule has 3 aromatic rings. The average molecular weight is 439 g/mol. The Hall–Kier alpha value is -3.04. The van der Waals surface area contributed by atoms with Crippen molar-refractivity contribution < 1.29 is 18.2 Å². The van der Waals surface area contributed by atoms with Gasteiger partial charge >= 0.3 is 6.03 Å². The van der Waals surface area contributed by atoms with Crippen LogP contribution in [0, 0.1) is 12.8 Å². The van der Waals surface area contributed by atoms with Gasteiger partial charge < -0.3 is 9.73 Å². The van der Waals surface area contributed by atoms with E-state index in [0.717, 1.165) is 28.6 Å². The molecule has 1 aromatic carbocycles. The topological polar surface area (TPSA) is 113 Å². The lowest BCUT2D eigenvalue weighted by Gasteiger charge is -2.19. The summed E-state index contributed by atoms with van der Waals surface area (Å²) in [6.45, 7) is 2.40. The molecule has 0 bridgehead atoms. The third kappa shape index (κ3) is 3.64. The molecule has 3 heterocycles. The van der Waals surface area contributed by atoms with Crippen molar-refractivity contribution in [1.82, 2.24) is 20.3 Å². The molecule has 1 aliphatic heterocycles. The first-order chi connectivity index (χ1) is 14.9. The highest BCUT2D eigenvalue weighted by Crippen LogP contribution is 2.36.